The molecule has 0 aromatic heterocycles. The van der Waals surface area contributed by atoms with Gasteiger partial charge in [-0.05, 0) is 12.8 Å². The number of hydrogen-bond donors (Lipinski definition) is 1. The molecule has 0 saturated carbocycles. The second-order valence-corrected chi connectivity index (χ2v) is 2.77. The van der Waals surface area contributed by atoms with Crippen molar-refractivity contribution in [3.63, 3.8) is 0 Å². The summed E-state index contributed by atoms with van der Waals surface area (Å²) in [5.74, 6) is 0.0897. The molecular weight excluding hydrogens is 158 g/mol. The lowest BCUT2D eigenvalue weighted by atomic mass is 10.1. The average molecular weight is 173 g/mol. The second kappa shape index (κ2) is 5.57. The first-order chi connectivity index (χ1) is 5.61. The van der Waals surface area contributed by atoms with Crippen molar-refractivity contribution in [2.75, 3.05) is 6.61 Å². The lowest BCUT2D eigenvalue weighted by Gasteiger charge is -2.15. The van der Waals surface area contributed by atoms with E-state index >= 15 is 0 Å². The van der Waals surface area contributed by atoms with Crippen LogP contribution in [0.5, 0.6) is 0 Å². The van der Waals surface area contributed by atoms with E-state index in [0.29, 0.717) is 12.9 Å². The van der Waals surface area contributed by atoms with Crippen molar-refractivity contribution >= 4 is 12.4 Å². The Morgan fingerprint density at radius 1 is 1.58 bits per heavy atom. The summed E-state index contributed by atoms with van der Waals surface area (Å²) in [5, 5.41) is 2.44. The predicted octanol–water partition coefficient (Wildman–Crippen LogP) is 0.956. The molecule has 0 heterocycles. The van der Waals surface area contributed by atoms with Crippen LogP contribution >= 0.6 is 0 Å². The fourth-order valence-corrected chi connectivity index (χ4v) is 0.667. The van der Waals surface area contributed by atoms with Gasteiger partial charge in [-0.3, -0.25) is 0 Å². The molecule has 4 heteroatoms. The Balaban J connectivity index is 3.85. The van der Waals surface area contributed by atoms with Gasteiger partial charge in [-0.15, -0.1) is 0 Å². The minimum Gasteiger partial charge on any atom is -0.450 e. The molecule has 0 saturated heterocycles. The lowest BCUT2D eigenvalue weighted by Crippen LogP contribution is -2.39. The number of carbonyl (C=O) groups is 2. The number of nitrogens with one attached hydrogen (secondary N) is 1. The molecular formula is C8H15NO3. The van der Waals surface area contributed by atoms with Crippen LogP contribution in [0.25, 0.3) is 0 Å². The number of alkyl carbamates (subject to hydrolysis) is 1. The van der Waals surface area contributed by atoms with Crippen LogP contribution in [-0.2, 0) is 9.53 Å². The van der Waals surface area contributed by atoms with Crippen molar-refractivity contribution in [1.82, 2.24) is 5.32 Å². The fourth-order valence-electron chi connectivity index (χ4n) is 0.667. The molecule has 1 amide bonds. The zero-order valence-electron chi connectivity index (χ0n) is 7.66. The molecule has 1 unspecified atom stereocenters. The summed E-state index contributed by atoms with van der Waals surface area (Å²) in [7, 11) is 0. The highest BCUT2D eigenvalue weighted by molar-refractivity contribution is 5.73. The van der Waals surface area contributed by atoms with Gasteiger partial charge in [0.25, 0.3) is 0 Å². The first-order valence-electron chi connectivity index (χ1n) is 4.00. The molecule has 0 fully saturated rings. The van der Waals surface area contributed by atoms with Gasteiger partial charge in [0.2, 0.25) is 0 Å². The van der Waals surface area contributed by atoms with Crippen LogP contribution in [0.2, 0.25) is 0 Å². The van der Waals surface area contributed by atoms with E-state index in [-0.39, 0.29) is 5.92 Å². The van der Waals surface area contributed by atoms with E-state index in [1.165, 1.54) is 0 Å². The van der Waals surface area contributed by atoms with Gasteiger partial charge in [0, 0.05) is 0 Å². The van der Waals surface area contributed by atoms with Crippen molar-refractivity contribution in [3.8, 4) is 0 Å². The Kier molecular flexibility index (Phi) is 5.08. The quantitative estimate of drug-likeness (QED) is 0.644. The summed E-state index contributed by atoms with van der Waals surface area (Å²) in [6, 6.07) is -0.455. The predicted molar refractivity (Wildman–Crippen MR) is 44.8 cm³/mol. The lowest BCUT2D eigenvalue weighted by molar-refractivity contribution is -0.110. The summed E-state index contributed by atoms with van der Waals surface area (Å²) in [4.78, 5) is 21.2. The highest BCUT2D eigenvalue weighted by Crippen LogP contribution is 1.98. The fraction of sp³-hybridized carbons (Fsp3) is 0.750. The van der Waals surface area contributed by atoms with Crippen molar-refractivity contribution in [3.05, 3.63) is 0 Å². The molecule has 0 aromatic carbocycles. The van der Waals surface area contributed by atoms with E-state index in [1.54, 1.807) is 6.92 Å². The Morgan fingerprint density at radius 3 is 2.50 bits per heavy atom. The number of aldehydes is 1. The summed E-state index contributed by atoms with van der Waals surface area (Å²) < 4.78 is 4.62. The number of amides is 1. The van der Waals surface area contributed by atoms with Crippen LogP contribution in [0.4, 0.5) is 4.79 Å². The van der Waals surface area contributed by atoms with Gasteiger partial charge in [0.1, 0.15) is 6.29 Å². The third-order valence-electron chi connectivity index (χ3n) is 1.42. The van der Waals surface area contributed by atoms with Crippen molar-refractivity contribution in [2.24, 2.45) is 5.92 Å². The molecule has 0 rings (SSSR count). The Bertz CT molecular complexity index is 156. The largest absolute Gasteiger partial charge is 0.450 e. The molecule has 12 heavy (non-hydrogen) atoms. The van der Waals surface area contributed by atoms with Crippen LogP contribution in [0.3, 0.4) is 0 Å². The molecule has 1 atom stereocenters. The smallest absolute Gasteiger partial charge is 0.407 e. The van der Waals surface area contributed by atoms with Crippen LogP contribution in [-0.4, -0.2) is 25.0 Å². The minimum absolute atomic E-state index is 0.0897. The van der Waals surface area contributed by atoms with E-state index in [4.69, 9.17) is 0 Å². The highest BCUT2D eigenvalue weighted by atomic mass is 16.5. The summed E-state index contributed by atoms with van der Waals surface area (Å²) in [6.45, 7) is 5.73. The third-order valence-corrected chi connectivity index (χ3v) is 1.42. The van der Waals surface area contributed by atoms with Crippen molar-refractivity contribution in [1.29, 1.82) is 0 Å². The summed E-state index contributed by atoms with van der Waals surface area (Å²) in [6.07, 6.45) is 0.171. The molecule has 70 valence electrons. The molecule has 4 nitrogen and oxygen atoms in total. The molecule has 0 bridgehead atoms. The van der Waals surface area contributed by atoms with E-state index in [2.05, 4.69) is 10.1 Å². The number of hydrogen-bond acceptors (Lipinski definition) is 3. The number of rotatable bonds is 4. The maximum Gasteiger partial charge on any atom is 0.407 e. The van der Waals surface area contributed by atoms with E-state index in [1.807, 2.05) is 13.8 Å². The molecule has 0 aliphatic heterocycles. The van der Waals surface area contributed by atoms with Gasteiger partial charge in [-0.25, -0.2) is 4.79 Å². The van der Waals surface area contributed by atoms with Crippen molar-refractivity contribution < 1.29 is 14.3 Å². The first-order valence-corrected chi connectivity index (χ1v) is 4.00. The van der Waals surface area contributed by atoms with Crippen LogP contribution in [0.15, 0.2) is 0 Å². The van der Waals surface area contributed by atoms with Gasteiger partial charge < -0.3 is 14.8 Å². The third kappa shape index (κ3) is 3.95. The monoisotopic (exact) mass is 173 g/mol. The standard InChI is InChI=1S/C8H15NO3/c1-4-12-8(11)9-7(5-10)6(2)3/h5-7H,4H2,1-3H3,(H,9,11). The second-order valence-electron chi connectivity index (χ2n) is 2.77. The van der Waals surface area contributed by atoms with Gasteiger partial charge in [-0.1, -0.05) is 13.8 Å². The topological polar surface area (TPSA) is 55.4 Å². The normalized spacial score (nSPS) is 12.3. The van der Waals surface area contributed by atoms with Crippen molar-refractivity contribution in [2.45, 2.75) is 26.8 Å². The zero-order valence-corrected chi connectivity index (χ0v) is 7.66. The van der Waals surface area contributed by atoms with E-state index in [0.717, 1.165) is 0 Å². The van der Waals surface area contributed by atoms with Crippen LogP contribution < -0.4 is 5.32 Å². The number of ether oxygens (including phenoxy) is 1. The van der Waals surface area contributed by atoms with Gasteiger partial charge in [0.15, 0.2) is 0 Å². The Morgan fingerprint density at radius 2 is 2.17 bits per heavy atom. The molecule has 0 aromatic rings. The van der Waals surface area contributed by atoms with E-state index in [9.17, 15) is 9.59 Å². The highest BCUT2D eigenvalue weighted by Gasteiger charge is 2.14. The number of carbonyl (C=O) groups excluding carboxylic acids is 2. The SMILES string of the molecule is CCOC(=O)NC(C=O)C(C)C. The molecule has 0 radical (unpaired) electrons. The summed E-state index contributed by atoms with van der Waals surface area (Å²) >= 11 is 0. The Hall–Kier alpha value is -1.06. The van der Waals surface area contributed by atoms with Gasteiger partial charge in [-0.2, -0.15) is 0 Å². The Labute approximate surface area is 72.3 Å². The van der Waals surface area contributed by atoms with Crippen LogP contribution in [0, 0.1) is 5.92 Å². The first kappa shape index (κ1) is 10.9. The van der Waals surface area contributed by atoms with E-state index < -0.39 is 12.1 Å². The molecule has 0 spiro atoms. The maximum atomic E-state index is 10.8. The van der Waals surface area contributed by atoms with Gasteiger partial charge in [0.05, 0.1) is 12.6 Å². The minimum atomic E-state index is -0.539. The maximum absolute atomic E-state index is 10.8. The van der Waals surface area contributed by atoms with Crippen LogP contribution in [0.1, 0.15) is 20.8 Å². The van der Waals surface area contributed by atoms with Gasteiger partial charge >= 0.3 is 6.09 Å². The zero-order chi connectivity index (χ0) is 9.56. The average Bonchev–Trinajstić information content (AvgIpc) is 2.00. The molecule has 0 aliphatic carbocycles. The molecule has 1 N–H and O–H groups in total. The molecule has 0 aliphatic rings. The summed E-state index contributed by atoms with van der Waals surface area (Å²) in [5.41, 5.74) is 0.